The molecule has 0 spiro atoms. The van der Waals surface area contributed by atoms with Crippen molar-refractivity contribution in [3.8, 4) is 0 Å². The van der Waals surface area contributed by atoms with Crippen LogP contribution < -0.4 is 10.9 Å². The number of carbonyl (C=O) groups excluding carboxylic acids is 1. The summed E-state index contributed by atoms with van der Waals surface area (Å²) in [5, 5.41) is 4.35. The van der Waals surface area contributed by atoms with E-state index < -0.39 is 0 Å². The highest BCUT2D eigenvalue weighted by Gasteiger charge is 2.29. The number of aryl methyl sites for hydroxylation is 1. The summed E-state index contributed by atoms with van der Waals surface area (Å²) in [4.78, 5) is 25.3. The second-order valence-corrected chi connectivity index (χ2v) is 7.29. The number of nitrogens with one attached hydrogen (secondary N) is 1. The fourth-order valence-electron chi connectivity index (χ4n) is 3.17. The van der Waals surface area contributed by atoms with Gasteiger partial charge in [-0.15, -0.1) is 0 Å². The molecule has 4 nitrogen and oxygen atoms in total. The Bertz CT molecular complexity index is 1000. The fourth-order valence-corrected chi connectivity index (χ4v) is 3.17. The highest BCUT2D eigenvalue weighted by Crippen LogP contribution is 2.27. The number of nitrogens with zero attached hydrogens (tertiary/aromatic N) is 1. The van der Waals surface area contributed by atoms with E-state index in [1.54, 1.807) is 19.3 Å². The summed E-state index contributed by atoms with van der Waals surface area (Å²) in [6.45, 7) is 6.24. The first-order valence-corrected chi connectivity index (χ1v) is 8.77. The van der Waals surface area contributed by atoms with Crippen LogP contribution in [0.3, 0.4) is 0 Å². The summed E-state index contributed by atoms with van der Waals surface area (Å²) >= 11 is 0. The van der Waals surface area contributed by atoms with Crippen molar-refractivity contribution in [3.63, 3.8) is 0 Å². The van der Waals surface area contributed by atoms with Gasteiger partial charge in [-0.05, 0) is 18.6 Å². The predicted molar refractivity (Wildman–Crippen MR) is 106 cm³/mol. The molecular weight excluding hydrogens is 324 g/mol. The average Bonchev–Trinajstić information content (AvgIpc) is 2.65. The van der Waals surface area contributed by atoms with Crippen LogP contribution in [-0.4, -0.2) is 16.5 Å². The van der Waals surface area contributed by atoms with Crippen molar-refractivity contribution in [1.29, 1.82) is 0 Å². The Labute approximate surface area is 153 Å². The van der Waals surface area contributed by atoms with Crippen molar-refractivity contribution in [2.75, 3.05) is 0 Å². The Morgan fingerprint density at radius 2 is 1.58 bits per heavy atom. The van der Waals surface area contributed by atoms with Crippen LogP contribution in [0.4, 0.5) is 0 Å². The summed E-state index contributed by atoms with van der Waals surface area (Å²) < 4.78 is 1.46. The Hall–Kier alpha value is -2.88. The topological polar surface area (TPSA) is 51.1 Å². The lowest BCUT2D eigenvalue weighted by Gasteiger charge is -2.33. The lowest BCUT2D eigenvalue weighted by atomic mass is 9.78. The molecule has 0 aliphatic heterocycles. The largest absolute Gasteiger partial charge is 0.349 e. The summed E-state index contributed by atoms with van der Waals surface area (Å²) in [5.74, 6) is -0.173. The van der Waals surface area contributed by atoms with Gasteiger partial charge in [-0.3, -0.25) is 9.59 Å². The van der Waals surface area contributed by atoms with Gasteiger partial charge in [-0.25, -0.2) is 0 Å². The molecule has 0 fully saturated rings. The van der Waals surface area contributed by atoms with Gasteiger partial charge in [0.15, 0.2) is 0 Å². The van der Waals surface area contributed by atoms with Gasteiger partial charge >= 0.3 is 0 Å². The van der Waals surface area contributed by atoms with Crippen molar-refractivity contribution >= 4 is 16.7 Å². The van der Waals surface area contributed by atoms with E-state index in [9.17, 15) is 9.59 Å². The van der Waals surface area contributed by atoms with Gasteiger partial charge in [-0.2, -0.15) is 0 Å². The smallest absolute Gasteiger partial charge is 0.258 e. The summed E-state index contributed by atoms with van der Waals surface area (Å²) in [6, 6.07) is 17.3. The number of benzene rings is 2. The van der Waals surface area contributed by atoms with Crippen LogP contribution in [0.2, 0.25) is 0 Å². The number of fused-ring (bicyclic) bond motifs is 1. The predicted octanol–water partition coefficient (Wildman–Crippen LogP) is 3.63. The molecule has 1 aromatic heterocycles. The Kier molecular flexibility index (Phi) is 4.68. The Balaban J connectivity index is 1.95. The van der Waals surface area contributed by atoms with Crippen molar-refractivity contribution in [1.82, 2.24) is 9.88 Å². The van der Waals surface area contributed by atoms with Crippen LogP contribution in [-0.2, 0) is 12.5 Å². The molecule has 0 radical (unpaired) electrons. The molecule has 0 saturated heterocycles. The number of carbonyl (C=O) groups is 1. The number of hydrogen-bond donors (Lipinski definition) is 1. The molecule has 0 aliphatic carbocycles. The summed E-state index contributed by atoms with van der Waals surface area (Å²) in [7, 11) is 1.67. The molecule has 3 rings (SSSR count). The Morgan fingerprint density at radius 3 is 2.23 bits per heavy atom. The van der Waals surface area contributed by atoms with E-state index in [1.807, 2.05) is 43.3 Å². The highest BCUT2D eigenvalue weighted by atomic mass is 16.2. The zero-order chi connectivity index (χ0) is 18.9. The monoisotopic (exact) mass is 348 g/mol. The molecule has 2 aromatic carbocycles. The van der Waals surface area contributed by atoms with Crippen LogP contribution in [0.1, 0.15) is 36.7 Å². The molecule has 1 N–H and O–H groups in total. The van der Waals surface area contributed by atoms with E-state index in [4.69, 9.17) is 0 Å². The molecule has 1 heterocycles. The number of hydrogen-bond acceptors (Lipinski definition) is 2. The highest BCUT2D eigenvalue weighted by molar-refractivity contribution is 6.06. The van der Waals surface area contributed by atoms with E-state index >= 15 is 0 Å². The van der Waals surface area contributed by atoms with Crippen LogP contribution in [0.15, 0.2) is 65.6 Å². The quantitative estimate of drug-likeness (QED) is 0.783. The molecular formula is C22H24N2O2. The van der Waals surface area contributed by atoms with Crippen LogP contribution >= 0.6 is 0 Å². The average molecular weight is 348 g/mol. The van der Waals surface area contributed by atoms with Gasteiger partial charge in [0.2, 0.25) is 0 Å². The van der Waals surface area contributed by atoms with Gasteiger partial charge in [0.05, 0.1) is 5.56 Å². The maximum absolute atomic E-state index is 13.0. The maximum Gasteiger partial charge on any atom is 0.258 e. The Morgan fingerprint density at radius 1 is 1.00 bits per heavy atom. The molecule has 1 atom stereocenters. The first kappa shape index (κ1) is 17.9. The van der Waals surface area contributed by atoms with Gasteiger partial charge in [-0.1, -0.05) is 62.4 Å². The second-order valence-electron chi connectivity index (χ2n) is 7.29. The lowest BCUT2D eigenvalue weighted by Crippen LogP contribution is -2.45. The van der Waals surface area contributed by atoms with E-state index in [2.05, 4.69) is 31.3 Å². The van der Waals surface area contributed by atoms with Gasteiger partial charge in [0, 0.05) is 35.5 Å². The van der Waals surface area contributed by atoms with Crippen LogP contribution in [0, 0.1) is 0 Å². The van der Waals surface area contributed by atoms with Crippen molar-refractivity contribution in [2.45, 2.75) is 32.2 Å². The minimum Gasteiger partial charge on any atom is -0.349 e. The van der Waals surface area contributed by atoms with Crippen LogP contribution in [0.25, 0.3) is 10.8 Å². The molecule has 134 valence electrons. The van der Waals surface area contributed by atoms with E-state index in [0.717, 1.165) is 5.56 Å². The van der Waals surface area contributed by atoms with E-state index in [-0.39, 0.29) is 22.9 Å². The van der Waals surface area contributed by atoms with Crippen molar-refractivity contribution in [2.24, 2.45) is 7.05 Å². The number of aromatic nitrogens is 1. The lowest BCUT2D eigenvalue weighted by molar-refractivity contribution is 0.0925. The summed E-state index contributed by atoms with van der Waals surface area (Å²) in [6.07, 6.45) is 1.61. The molecule has 0 saturated carbocycles. The minimum atomic E-state index is -0.229. The van der Waals surface area contributed by atoms with Gasteiger partial charge in [0.25, 0.3) is 11.5 Å². The SMILES string of the molecule is CC(NC(=O)c1cn(C)c(=O)c2ccccc12)C(C)(C)c1ccccc1. The van der Waals surface area contributed by atoms with Gasteiger partial charge < -0.3 is 9.88 Å². The molecule has 1 unspecified atom stereocenters. The number of amides is 1. The zero-order valence-electron chi connectivity index (χ0n) is 15.6. The van der Waals surface area contributed by atoms with E-state index in [1.165, 1.54) is 4.57 Å². The molecule has 0 bridgehead atoms. The first-order valence-electron chi connectivity index (χ1n) is 8.77. The minimum absolute atomic E-state index is 0.0894. The standard InChI is InChI=1S/C22H24N2O2/c1-15(22(2,3)16-10-6-5-7-11-16)23-20(25)19-14-24(4)21(26)18-13-9-8-12-17(18)19/h5-15H,1-4H3,(H,23,25). The molecule has 26 heavy (non-hydrogen) atoms. The van der Waals surface area contributed by atoms with Crippen molar-refractivity contribution < 1.29 is 4.79 Å². The van der Waals surface area contributed by atoms with Crippen molar-refractivity contribution in [3.05, 3.63) is 82.3 Å². The molecule has 0 aliphatic rings. The third-order valence-corrected chi connectivity index (χ3v) is 5.28. The fraction of sp³-hybridized carbons (Fsp3) is 0.273. The van der Waals surface area contributed by atoms with Crippen LogP contribution in [0.5, 0.6) is 0 Å². The maximum atomic E-state index is 13.0. The molecule has 3 aromatic rings. The third kappa shape index (κ3) is 3.15. The zero-order valence-corrected chi connectivity index (χ0v) is 15.6. The number of rotatable bonds is 4. The van der Waals surface area contributed by atoms with E-state index in [0.29, 0.717) is 16.3 Å². The second kappa shape index (κ2) is 6.79. The number of pyridine rings is 1. The third-order valence-electron chi connectivity index (χ3n) is 5.28. The molecule has 4 heteroatoms. The first-order chi connectivity index (χ1) is 12.3. The van der Waals surface area contributed by atoms with Gasteiger partial charge in [0.1, 0.15) is 0 Å². The summed E-state index contributed by atoms with van der Waals surface area (Å²) in [5.41, 5.74) is 1.35. The normalized spacial score (nSPS) is 12.8. The molecule has 1 amide bonds.